The van der Waals surface area contributed by atoms with Gasteiger partial charge >= 0.3 is 6.03 Å². The van der Waals surface area contributed by atoms with E-state index < -0.39 is 0 Å². The van der Waals surface area contributed by atoms with Gasteiger partial charge in [0.15, 0.2) is 5.82 Å². The molecule has 2 amide bonds. The molecule has 8 nitrogen and oxygen atoms in total. The highest BCUT2D eigenvalue weighted by Crippen LogP contribution is 2.28. The van der Waals surface area contributed by atoms with Gasteiger partial charge in [0.1, 0.15) is 0 Å². The Morgan fingerprint density at radius 1 is 1.36 bits per heavy atom. The molecular weight excluding hydrogens is 284 g/mol. The maximum absolute atomic E-state index is 11.9. The number of likely N-dealkylation sites (tertiary alicyclic amines) is 1. The topological polar surface area (TPSA) is 80.3 Å². The number of urea groups is 1. The molecule has 22 heavy (non-hydrogen) atoms. The molecule has 118 valence electrons. The highest BCUT2D eigenvalue weighted by atomic mass is 16.5. The van der Waals surface area contributed by atoms with E-state index in [0.29, 0.717) is 30.6 Å². The highest BCUT2D eigenvalue weighted by molar-refractivity contribution is 5.73. The molecule has 0 spiro atoms. The molecule has 0 atom stereocenters. The summed E-state index contributed by atoms with van der Waals surface area (Å²) in [6.45, 7) is 1.42. The maximum Gasteiger partial charge on any atom is 0.319 e. The van der Waals surface area contributed by atoms with E-state index in [1.54, 1.807) is 25.2 Å². The number of piperidine rings is 1. The fourth-order valence-corrected chi connectivity index (χ4v) is 2.67. The average Bonchev–Trinajstić information content (AvgIpc) is 3.15. The van der Waals surface area contributed by atoms with Gasteiger partial charge in [-0.25, -0.2) is 9.78 Å². The molecular formula is C14H20N6O2. The lowest BCUT2D eigenvalue weighted by atomic mass is 9.97. The van der Waals surface area contributed by atoms with Crippen molar-refractivity contribution in [3.8, 4) is 11.6 Å². The molecule has 0 unspecified atom stereocenters. The molecule has 1 aliphatic rings. The zero-order valence-electron chi connectivity index (χ0n) is 13.1. The van der Waals surface area contributed by atoms with E-state index in [0.717, 1.165) is 12.8 Å². The van der Waals surface area contributed by atoms with Crippen molar-refractivity contribution in [3.63, 3.8) is 0 Å². The van der Waals surface area contributed by atoms with Crippen molar-refractivity contribution in [3.05, 3.63) is 18.3 Å². The first kappa shape index (κ1) is 14.6. The third-order valence-electron chi connectivity index (χ3n) is 3.96. The van der Waals surface area contributed by atoms with Crippen LogP contribution in [0.5, 0.6) is 0 Å². The SMILES string of the molecule is CN(C)C(=O)N1CCC(c2nc(-c3nccn3C)no2)CC1. The summed E-state index contributed by atoms with van der Waals surface area (Å²) in [6, 6.07) is 0.0534. The van der Waals surface area contributed by atoms with E-state index in [-0.39, 0.29) is 11.9 Å². The lowest BCUT2D eigenvalue weighted by molar-refractivity contribution is 0.152. The number of hydrogen-bond acceptors (Lipinski definition) is 5. The van der Waals surface area contributed by atoms with Gasteiger partial charge in [-0.1, -0.05) is 5.16 Å². The summed E-state index contributed by atoms with van der Waals surface area (Å²) < 4.78 is 7.25. The van der Waals surface area contributed by atoms with Crippen LogP contribution in [0.15, 0.2) is 16.9 Å². The first-order valence-corrected chi connectivity index (χ1v) is 7.34. The number of carbonyl (C=O) groups is 1. The van der Waals surface area contributed by atoms with Gasteiger partial charge in [-0.3, -0.25) is 0 Å². The maximum atomic E-state index is 11.9. The van der Waals surface area contributed by atoms with Crippen molar-refractivity contribution in [2.24, 2.45) is 7.05 Å². The first-order valence-electron chi connectivity index (χ1n) is 7.34. The number of imidazole rings is 1. The number of hydrogen-bond donors (Lipinski definition) is 0. The molecule has 2 aromatic heterocycles. The number of rotatable bonds is 2. The van der Waals surface area contributed by atoms with Gasteiger partial charge in [-0.05, 0) is 12.8 Å². The van der Waals surface area contributed by atoms with Crippen molar-refractivity contribution in [2.75, 3.05) is 27.2 Å². The van der Waals surface area contributed by atoms with Crippen LogP contribution in [0.4, 0.5) is 4.79 Å². The van der Waals surface area contributed by atoms with E-state index >= 15 is 0 Å². The van der Waals surface area contributed by atoms with Crippen LogP contribution >= 0.6 is 0 Å². The minimum absolute atomic E-state index is 0.0534. The molecule has 0 bridgehead atoms. The van der Waals surface area contributed by atoms with Gasteiger partial charge in [0, 0.05) is 52.5 Å². The molecule has 1 saturated heterocycles. The van der Waals surface area contributed by atoms with Crippen molar-refractivity contribution in [2.45, 2.75) is 18.8 Å². The van der Waals surface area contributed by atoms with Gasteiger partial charge in [0.2, 0.25) is 11.7 Å². The predicted octanol–water partition coefficient (Wildman–Crippen LogP) is 1.33. The molecule has 3 heterocycles. The van der Waals surface area contributed by atoms with Gasteiger partial charge in [0.25, 0.3) is 0 Å². The highest BCUT2D eigenvalue weighted by Gasteiger charge is 2.28. The van der Waals surface area contributed by atoms with Crippen LogP contribution in [0.3, 0.4) is 0 Å². The van der Waals surface area contributed by atoms with Crippen molar-refractivity contribution in [1.82, 2.24) is 29.5 Å². The lowest BCUT2D eigenvalue weighted by Crippen LogP contribution is -2.43. The molecule has 0 saturated carbocycles. The van der Waals surface area contributed by atoms with E-state index in [4.69, 9.17) is 4.52 Å². The van der Waals surface area contributed by atoms with Crippen molar-refractivity contribution >= 4 is 6.03 Å². The quantitative estimate of drug-likeness (QED) is 0.836. The van der Waals surface area contributed by atoms with E-state index in [2.05, 4.69) is 15.1 Å². The Hall–Kier alpha value is -2.38. The molecule has 0 aliphatic carbocycles. The Balaban J connectivity index is 1.66. The average molecular weight is 304 g/mol. The smallest absolute Gasteiger partial charge is 0.319 e. The van der Waals surface area contributed by atoms with Crippen LogP contribution in [0.25, 0.3) is 11.6 Å². The minimum atomic E-state index is 0.0534. The Labute approximate surface area is 128 Å². The number of carbonyl (C=O) groups excluding carboxylic acids is 1. The molecule has 3 rings (SSSR count). The fraction of sp³-hybridized carbons (Fsp3) is 0.571. The molecule has 2 aromatic rings. The van der Waals surface area contributed by atoms with Crippen LogP contribution < -0.4 is 0 Å². The third kappa shape index (κ3) is 2.68. The largest absolute Gasteiger partial charge is 0.339 e. The Morgan fingerprint density at radius 3 is 2.68 bits per heavy atom. The van der Waals surface area contributed by atoms with Crippen LogP contribution in [0.1, 0.15) is 24.7 Å². The molecule has 0 aromatic carbocycles. The van der Waals surface area contributed by atoms with E-state index in [9.17, 15) is 4.79 Å². The Bertz CT molecular complexity index is 654. The van der Waals surface area contributed by atoms with Crippen LogP contribution in [0.2, 0.25) is 0 Å². The molecule has 0 radical (unpaired) electrons. The molecule has 0 N–H and O–H groups in total. The zero-order valence-corrected chi connectivity index (χ0v) is 13.1. The van der Waals surface area contributed by atoms with E-state index in [1.165, 1.54) is 0 Å². The van der Waals surface area contributed by atoms with Crippen molar-refractivity contribution < 1.29 is 9.32 Å². The fourth-order valence-electron chi connectivity index (χ4n) is 2.67. The van der Waals surface area contributed by atoms with Gasteiger partial charge in [-0.2, -0.15) is 4.98 Å². The normalized spacial score (nSPS) is 16.0. The second-order valence-electron chi connectivity index (χ2n) is 5.76. The minimum Gasteiger partial charge on any atom is -0.339 e. The standard InChI is InChI=1S/C14H20N6O2/c1-18(2)14(21)20-7-4-10(5-8-20)13-16-11(17-22-13)12-15-6-9-19(12)3/h6,9-10H,4-5,7-8H2,1-3H3. The van der Waals surface area contributed by atoms with Crippen LogP contribution in [-0.2, 0) is 7.05 Å². The summed E-state index contributed by atoms with van der Waals surface area (Å²) in [6.07, 6.45) is 5.22. The molecule has 8 heteroatoms. The van der Waals surface area contributed by atoms with Crippen LogP contribution in [-0.4, -0.2) is 62.7 Å². The van der Waals surface area contributed by atoms with Gasteiger partial charge < -0.3 is 18.9 Å². The van der Waals surface area contributed by atoms with Gasteiger partial charge in [-0.15, -0.1) is 0 Å². The second kappa shape index (κ2) is 5.78. The summed E-state index contributed by atoms with van der Waals surface area (Å²) in [5.41, 5.74) is 0. The summed E-state index contributed by atoms with van der Waals surface area (Å²) >= 11 is 0. The monoisotopic (exact) mass is 304 g/mol. The second-order valence-corrected chi connectivity index (χ2v) is 5.76. The van der Waals surface area contributed by atoms with E-state index in [1.807, 2.05) is 22.7 Å². The number of nitrogens with zero attached hydrogens (tertiary/aromatic N) is 6. The number of aromatic nitrogens is 4. The molecule has 1 aliphatic heterocycles. The Kier molecular flexibility index (Phi) is 3.82. The van der Waals surface area contributed by atoms with Gasteiger partial charge in [0.05, 0.1) is 0 Å². The summed E-state index contributed by atoms with van der Waals surface area (Å²) in [7, 11) is 5.43. The summed E-state index contributed by atoms with van der Waals surface area (Å²) in [5, 5.41) is 4.02. The lowest BCUT2D eigenvalue weighted by Gasteiger charge is -2.32. The summed E-state index contributed by atoms with van der Waals surface area (Å²) in [5.74, 6) is 2.03. The Morgan fingerprint density at radius 2 is 2.09 bits per heavy atom. The number of aryl methyl sites for hydroxylation is 1. The summed E-state index contributed by atoms with van der Waals surface area (Å²) in [4.78, 5) is 24.1. The third-order valence-corrected chi connectivity index (χ3v) is 3.96. The zero-order chi connectivity index (χ0) is 15.7. The number of amides is 2. The molecule has 1 fully saturated rings. The predicted molar refractivity (Wildman–Crippen MR) is 79.1 cm³/mol. The first-order chi connectivity index (χ1) is 10.6. The van der Waals surface area contributed by atoms with Crippen LogP contribution in [0, 0.1) is 0 Å². The van der Waals surface area contributed by atoms with Crippen molar-refractivity contribution in [1.29, 1.82) is 0 Å².